The predicted octanol–water partition coefficient (Wildman–Crippen LogP) is 2.85. The van der Waals surface area contributed by atoms with Gasteiger partial charge in [0, 0.05) is 29.7 Å². The molecule has 2 amide bonds. The van der Waals surface area contributed by atoms with Crippen molar-refractivity contribution < 1.29 is 29.0 Å². The topological polar surface area (TPSA) is 101 Å². The summed E-state index contributed by atoms with van der Waals surface area (Å²) >= 11 is 0. The van der Waals surface area contributed by atoms with Gasteiger partial charge in [0.1, 0.15) is 0 Å². The number of fused-ring (bicyclic) bond motifs is 3. The van der Waals surface area contributed by atoms with Crippen LogP contribution in [-0.4, -0.2) is 47.0 Å². The number of hydrogen-bond acceptors (Lipinski definition) is 6. The Morgan fingerprint density at radius 2 is 1.88 bits per heavy atom. The number of aromatic hydroxyl groups is 1. The van der Waals surface area contributed by atoms with Crippen LogP contribution in [0.5, 0.6) is 11.5 Å². The zero-order valence-corrected chi connectivity index (χ0v) is 18.8. The SMILES string of the molecule is CCOc1cc([C@H]2C3=CC[C@@H]4C(=O)N(C)C(=O)[C@@H]4[C@@H]3CC3=C2C(=O)C(C)=CC3=O)ccc1O. The van der Waals surface area contributed by atoms with E-state index in [-0.39, 0.29) is 41.5 Å². The van der Waals surface area contributed by atoms with Crippen molar-refractivity contribution in [1.29, 1.82) is 0 Å². The van der Waals surface area contributed by atoms with E-state index in [0.717, 1.165) is 5.57 Å². The number of allylic oxidation sites excluding steroid dienone is 6. The number of ketones is 2. The molecule has 33 heavy (non-hydrogen) atoms. The minimum atomic E-state index is -0.548. The molecular formula is C26H25NO6. The Kier molecular flexibility index (Phi) is 4.88. The third-order valence-electron chi connectivity index (χ3n) is 7.40. The Hall–Kier alpha value is -3.48. The first kappa shape index (κ1) is 21.4. The van der Waals surface area contributed by atoms with Gasteiger partial charge in [-0.15, -0.1) is 0 Å². The number of Topliss-reactive ketones (excluding diaryl/α,β-unsaturated/α-hetero) is 1. The number of ether oxygens (including phenoxy) is 1. The van der Waals surface area contributed by atoms with E-state index in [2.05, 4.69) is 0 Å². The summed E-state index contributed by atoms with van der Waals surface area (Å²) in [4.78, 5) is 53.2. The highest BCUT2D eigenvalue weighted by molar-refractivity contribution is 6.23. The van der Waals surface area contributed by atoms with Gasteiger partial charge in [-0.2, -0.15) is 0 Å². The molecule has 3 aliphatic carbocycles. The summed E-state index contributed by atoms with van der Waals surface area (Å²) in [5.74, 6) is -2.43. The molecular weight excluding hydrogens is 422 g/mol. The van der Waals surface area contributed by atoms with Gasteiger partial charge >= 0.3 is 0 Å². The molecule has 0 saturated carbocycles. The Balaban J connectivity index is 1.71. The van der Waals surface area contributed by atoms with Gasteiger partial charge in [-0.25, -0.2) is 0 Å². The Morgan fingerprint density at radius 3 is 2.61 bits per heavy atom. The Morgan fingerprint density at radius 1 is 1.12 bits per heavy atom. The van der Waals surface area contributed by atoms with Crippen LogP contribution in [0.25, 0.3) is 0 Å². The zero-order chi connectivity index (χ0) is 23.6. The number of phenolic OH excluding ortho intramolecular Hbond substituents is 1. The molecule has 1 fully saturated rings. The van der Waals surface area contributed by atoms with E-state index in [1.54, 1.807) is 19.1 Å². The lowest BCUT2D eigenvalue weighted by Crippen LogP contribution is -2.39. The maximum Gasteiger partial charge on any atom is 0.233 e. The lowest BCUT2D eigenvalue weighted by molar-refractivity contribution is -0.138. The average Bonchev–Trinajstić information content (AvgIpc) is 3.02. The maximum absolute atomic E-state index is 13.3. The number of amides is 2. The molecule has 1 aromatic carbocycles. The largest absolute Gasteiger partial charge is 0.504 e. The van der Waals surface area contributed by atoms with Gasteiger partial charge in [-0.3, -0.25) is 24.1 Å². The normalized spacial score (nSPS) is 28.9. The minimum Gasteiger partial charge on any atom is -0.504 e. The molecule has 7 nitrogen and oxygen atoms in total. The molecule has 4 aliphatic rings. The molecule has 5 rings (SSSR count). The van der Waals surface area contributed by atoms with Crippen LogP contribution in [0.15, 0.2) is 52.6 Å². The van der Waals surface area contributed by atoms with Gasteiger partial charge in [0.25, 0.3) is 0 Å². The van der Waals surface area contributed by atoms with Crippen molar-refractivity contribution in [3.63, 3.8) is 0 Å². The molecule has 4 atom stereocenters. The van der Waals surface area contributed by atoms with Crippen molar-refractivity contribution in [2.75, 3.05) is 13.7 Å². The lowest BCUT2D eigenvalue weighted by Gasteiger charge is -2.42. The fourth-order valence-corrected chi connectivity index (χ4v) is 5.88. The number of phenols is 1. The molecule has 170 valence electrons. The average molecular weight is 447 g/mol. The number of nitrogens with zero attached hydrogens (tertiary/aromatic N) is 1. The van der Waals surface area contributed by atoms with E-state index < -0.39 is 17.8 Å². The third kappa shape index (κ3) is 3.02. The summed E-state index contributed by atoms with van der Waals surface area (Å²) in [5.41, 5.74) is 2.82. The summed E-state index contributed by atoms with van der Waals surface area (Å²) in [6.07, 6.45) is 4.01. The van der Waals surface area contributed by atoms with Gasteiger partial charge in [-0.05, 0) is 56.4 Å². The van der Waals surface area contributed by atoms with Gasteiger partial charge < -0.3 is 9.84 Å². The molecule has 0 unspecified atom stereocenters. The number of likely N-dealkylation sites (tertiary alicyclic amines) is 1. The molecule has 0 aromatic heterocycles. The molecule has 0 radical (unpaired) electrons. The molecule has 0 spiro atoms. The van der Waals surface area contributed by atoms with Crippen molar-refractivity contribution in [2.24, 2.45) is 17.8 Å². The summed E-state index contributed by atoms with van der Waals surface area (Å²) < 4.78 is 5.57. The van der Waals surface area contributed by atoms with Crippen molar-refractivity contribution in [3.8, 4) is 11.5 Å². The fraction of sp³-hybridized carbons (Fsp3) is 0.385. The first-order chi connectivity index (χ1) is 15.7. The lowest BCUT2D eigenvalue weighted by atomic mass is 9.59. The van der Waals surface area contributed by atoms with E-state index in [9.17, 15) is 24.3 Å². The molecule has 1 saturated heterocycles. The predicted molar refractivity (Wildman–Crippen MR) is 118 cm³/mol. The van der Waals surface area contributed by atoms with Crippen molar-refractivity contribution in [2.45, 2.75) is 32.6 Å². The summed E-state index contributed by atoms with van der Waals surface area (Å²) in [5, 5.41) is 10.2. The Bertz CT molecular complexity index is 1220. The molecule has 1 aliphatic heterocycles. The molecule has 0 bridgehead atoms. The standard InChI is InChI=1S/C26H25NO6/c1-4-33-20-10-13(5-8-18(20)28)21-14-6-7-15-22(26(32)27(3)25(15)31)16(14)11-17-19(29)9-12(2)24(30)23(17)21/h5-6,8-10,15-16,21-22,28H,4,7,11H2,1-3H3/t15-,16+,21-,22-/m0/s1. The number of hydrogen-bond donors (Lipinski definition) is 1. The second kappa shape index (κ2) is 7.54. The highest BCUT2D eigenvalue weighted by Crippen LogP contribution is 2.55. The van der Waals surface area contributed by atoms with Crippen molar-refractivity contribution in [1.82, 2.24) is 4.90 Å². The van der Waals surface area contributed by atoms with Crippen molar-refractivity contribution >= 4 is 23.4 Å². The van der Waals surface area contributed by atoms with E-state index >= 15 is 0 Å². The highest BCUT2D eigenvalue weighted by Gasteiger charge is 2.55. The van der Waals surface area contributed by atoms with Gasteiger partial charge in [-0.1, -0.05) is 17.7 Å². The van der Waals surface area contributed by atoms with Crippen LogP contribution >= 0.6 is 0 Å². The fourth-order valence-electron chi connectivity index (χ4n) is 5.88. The quantitative estimate of drug-likeness (QED) is 0.434. The molecule has 7 heteroatoms. The van der Waals surface area contributed by atoms with Crippen LogP contribution in [0.3, 0.4) is 0 Å². The summed E-state index contributed by atoms with van der Waals surface area (Å²) in [6.45, 7) is 3.80. The van der Waals surface area contributed by atoms with Crippen LogP contribution < -0.4 is 4.74 Å². The molecule has 1 aromatic rings. The number of imide groups is 1. The van der Waals surface area contributed by atoms with E-state index in [0.29, 0.717) is 41.1 Å². The van der Waals surface area contributed by atoms with E-state index in [1.165, 1.54) is 24.1 Å². The number of rotatable bonds is 3. The van der Waals surface area contributed by atoms with E-state index in [4.69, 9.17) is 4.74 Å². The third-order valence-corrected chi connectivity index (χ3v) is 7.40. The Labute approximate surface area is 191 Å². The zero-order valence-electron chi connectivity index (χ0n) is 18.8. The van der Waals surface area contributed by atoms with Crippen LogP contribution in [-0.2, 0) is 19.2 Å². The van der Waals surface area contributed by atoms with Crippen LogP contribution in [0.2, 0.25) is 0 Å². The number of carbonyl (C=O) groups excluding carboxylic acids is 4. The van der Waals surface area contributed by atoms with Crippen LogP contribution in [0.1, 0.15) is 38.2 Å². The van der Waals surface area contributed by atoms with E-state index in [1.807, 2.05) is 13.0 Å². The first-order valence-electron chi connectivity index (χ1n) is 11.2. The number of carbonyl (C=O) groups is 4. The molecule has 1 heterocycles. The highest BCUT2D eigenvalue weighted by atomic mass is 16.5. The second-order valence-electron chi connectivity index (χ2n) is 9.12. The van der Waals surface area contributed by atoms with Crippen molar-refractivity contribution in [3.05, 3.63) is 58.2 Å². The molecule has 1 N–H and O–H groups in total. The maximum atomic E-state index is 13.3. The van der Waals surface area contributed by atoms with Gasteiger partial charge in [0.2, 0.25) is 11.8 Å². The van der Waals surface area contributed by atoms with Gasteiger partial charge in [0.15, 0.2) is 23.1 Å². The van der Waals surface area contributed by atoms with Crippen LogP contribution in [0.4, 0.5) is 0 Å². The second-order valence-corrected chi connectivity index (χ2v) is 9.12. The smallest absolute Gasteiger partial charge is 0.233 e. The van der Waals surface area contributed by atoms with Gasteiger partial charge in [0.05, 0.1) is 18.4 Å². The number of benzene rings is 1. The minimum absolute atomic E-state index is 0.0137. The van der Waals surface area contributed by atoms with Crippen LogP contribution in [0, 0.1) is 17.8 Å². The monoisotopic (exact) mass is 447 g/mol. The first-order valence-corrected chi connectivity index (χ1v) is 11.2. The summed E-state index contributed by atoms with van der Waals surface area (Å²) in [6, 6.07) is 4.94. The summed E-state index contributed by atoms with van der Waals surface area (Å²) in [7, 11) is 1.50.